The number of pyridine rings is 1. The zero-order valence-electron chi connectivity index (χ0n) is 18.7. The Hall–Kier alpha value is -4.04. The molecule has 4 heterocycles. The van der Waals surface area contributed by atoms with Gasteiger partial charge in [0, 0.05) is 54.7 Å². The highest BCUT2D eigenvalue weighted by molar-refractivity contribution is 5.91. The van der Waals surface area contributed by atoms with Crippen LogP contribution in [-0.4, -0.2) is 43.1 Å². The second-order valence-corrected chi connectivity index (χ2v) is 9.15. The average Bonchev–Trinajstić information content (AvgIpc) is 3.59. The number of hydrogen-bond donors (Lipinski definition) is 2. The predicted molar refractivity (Wildman–Crippen MR) is 131 cm³/mol. The van der Waals surface area contributed by atoms with Gasteiger partial charge in [-0.15, -0.1) is 0 Å². The zero-order valence-corrected chi connectivity index (χ0v) is 18.7. The topological polar surface area (TPSA) is 88.7 Å². The molecule has 34 heavy (non-hydrogen) atoms. The lowest BCUT2D eigenvalue weighted by molar-refractivity contribution is 0.525. The Labute approximate surface area is 196 Å². The first-order chi connectivity index (χ1) is 16.5. The van der Waals surface area contributed by atoms with Crippen molar-refractivity contribution in [1.82, 2.24) is 24.5 Å². The van der Waals surface area contributed by atoms with Crippen molar-refractivity contribution in [3.63, 3.8) is 0 Å². The van der Waals surface area contributed by atoms with E-state index in [-0.39, 0.29) is 11.4 Å². The van der Waals surface area contributed by atoms with Crippen LogP contribution < -0.4 is 10.6 Å². The van der Waals surface area contributed by atoms with Crippen molar-refractivity contribution in [2.75, 3.05) is 18.0 Å². The first-order valence-corrected chi connectivity index (χ1v) is 11.2. The Balaban J connectivity index is 1.55. The van der Waals surface area contributed by atoms with Gasteiger partial charge in [0.15, 0.2) is 5.82 Å². The van der Waals surface area contributed by atoms with Crippen LogP contribution in [0.1, 0.15) is 13.3 Å². The van der Waals surface area contributed by atoms with E-state index in [4.69, 9.17) is 5.73 Å². The fourth-order valence-electron chi connectivity index (χ4n) is 4.72. The number of hydrogen-bond acceptors (Lipinski definition) is 5. The summed E-state index contributed by atoms with van der Waals surface area (Å²) in [4.78, 5) is 18.9. The first kappa shape index (κ1) is 20.6. The molecule has 3 aromatic heterocycles. The molecule has 0 aliphatic carbocycles. The van der Waals surface area contributed by atoms with E-state index in [1.54, 1.807) is 24.8 Å². The van der Waals surface area contributed by atoms with E-state index in [0.717, 1.165) is 41.0 Å². The summed E-state index contributed by atoms with van der Waals surface area (Å²) in [6.07, 6.45) is 9.99. The molecule has 3 N–H and O–H groups in total. The maximum Gasteiger partial charge on any atom is 0.151 e. The van der Waals surface area contributed by atoms with Gasteiger partial charge in [0.05, 0.1) is 23.1 Å². The quantitative estimate of drug-likeness (QED) is 0.417. The Bertz CT molecular complexity index is 1490. The Kier molecular flexibility index (Phi) is 4.70. The third-order valence-corrected chi connectivity index (χ3v) is 6.42. The van der Waals surface area contributed by atoms with Crippen molar-refractivity contribution >= 4 is 16.7 Å². The number of benzene rings is 2. The van der Waals surface area contributed by atoms with Crippen LogP contribution in [0.2, 0.25) is 0 Å². The van der Waals surface area contributed by atoms with Crippen LogP contribution in [0, 0.1) is 5.82 Å². The summed E-state index contributed by atoms with van der Waals surface area (Å²) < 4.78 is 16.4. The normalized spacial score (nSPS) is 18.1. The van der Waals surface area contributed by atoms with Gasteiger partial charge in [-0.05, 0) is 43.2 Å². The number of nitrogens with two attached hydrogens (primary N) is 1. The lowest BCUT2D eigenvalue weighted by atomic mass is 10.0. The number of anilines is 1. The fraction of sp³-hybridized carbons (Fsp3) is 0.192. The Morgan fingerprint density at radius 2 is 1.94 bits per heavy atom. The second kappa shape index (κ2) is 7.78. The van der Waals surface area contributed by atoms with Crippen molar-refractivity contribution in [3.8, 4) is 28.2 Å². The summed E-state index contributed by atoms with van der Waals surface area (Å²) >= 11 is 0. The summed E-state index contributed by atoms with van der Waals surface area (Å²) in [6.45, 7) is 3.59. The third kappa shape index (κ3) is 3.52. The molecule has 7 nitrogen and oxygen atoms in total. The standard InChI is InChI=1S/C26H24FN7/c1-26(28)8-10-33(15-26)24-19(17-4-2-5-18(12-17)34-11-9-29-16-34)13-30-14-20(24)25-31-22-7-3-6-21(27)23(22)32-25/h2-7,9,11-14,16H,8,10,15,28H2,1H3,(H,31,32). The molecule has 8 heteroatoms. The molecule has 1 atom stereocenters. The molecule has 0 spiro atoms. The minimum Gasteiger partial charge on any atom is -0.368 e. The van der Waals surface area contributed by atoms with Gasteiger partial charge in [-0.1, -0.05) is 18.2 Å². The first-order valence-electron chi connectivity index (χ1n) is 11.2. The number of fused-ring (bicyclic) bond motifs is 1. The van der Waals surface area contributed by atoms with E-state index < -0.39 is 0 Å². The summed E-state index contributed by atoms with van der Waals surface area (Å²) in [6, 6.07) is 13.2. The number of nitrogens with zero attached hydrogens (tertiary/aromatic N) is 5. The van der Waals surface area contributed by atoms with Crippen molar-refractivity contribution in [2.45, 2.75) is 18.9 Å². The number of nitrogens with one attached hydrogen (secondary N) is 1. The molecule has 0 amide bonds. The van der Waals surface area contributed by atoms with E-state index in [9.17, 15) is 4.39 Å². The van der Waals surface area contributed by atoms with E-state index in [1.165, 1.54) is 6.07 Å². The molecule has 2 aromatic carbocycles. The van der Waals surface area contributed by atoms with Gasteiger partial charge < -0.3 is 20.2 Å². The number of para-hydroxylation sites is 1. The van der Waals surface area contributed by atoms with Gasteiger partial charge in [-0.2, -0.15) is 0 Å². The highest BCUT2D eigenvalue weighted by atomic mass is 19.1. The van der Waals surface area contributed by atoms with Gasteiger partial charge >= 0.3 is 0 Å². The molecule has 0 radical (unpaired) electrons. The smallest absolute Gasteiger partial charge is 0.151 e. The molecule has 0 saturated carbocycles. The maximum absolute atomic E-state index is 14.4. The SMILES string of the molecule is CC1(N)CCN(c2c(-c3cccc(-n4ccnc4)c3)cncc2-c2nc3c(F)cccc3[nH]2)C1. The van der Waals surface area contributed by atoms with E-state index >= 15 is 0 Å². The van der Waals surface area contributed by atoms with Crippen LogP contribution in [0.5, 0.6) is 0 Å². The Morgan fingerprint density at radius 3 is 2.71 bits per heavy atom. The average molecular weight is 454 g/mol. The Morgan fingerprint density at radius 1 is 1.09 bits per heavy atom. The summed E-state index contributed by atoms with van der Waals surface area (Å²) in [5.41, 5.74) is 12.0. The molecule has 1 fully saturated rings. The van der Waals surface area contributed by atoms with Crippen molar-refractivity contribution in [2.24, 2.45) is 5.73 Å². The molecule has 5 aromatic rings. The number of aromatic nitrogens is 5. The zero-order chi connectivity index (χ0) is 23.3. The van der Waals surface area contributed by atoms with Crippen LogP contribution in [0.3, 0.4) is 0 Å². The molecule has 0 bridgehead atoms. The number of halogens is 1. The van der Waals surface area contributed by atoms with E-state index in [2.05, 4.69) is 43.9 Å². The number of aromatic amines is 1. The van der Waals surface area contributed by atoms with Gasteiger partial charge in [0.25, 0.3) is 0 Å². The van der Waals surface area contributed by atoms with Crippen LogP contribution in [-0.2, 0) is 0 Å². The summed E-state index contributed by atoms with van der Waals surface area (Å²) in [5, 5.41) is 0. The third-order valence-electron chi connectivity index (χ3n) is 6.42. The molecule has 170 valence electrons. The minimum atomic E-state index is -0.352. The van der Waals surface area contributed by atoms with Crippen molar-refractivity contribution in [3.05, 3.63) is 79.4 Å². The van der Waals surface area contributed by atoms with Gasteiger partial charge in [0.1, 0.15) is 11.3 Å². The lowest BCUT2D eigenvalue weighted by Gasteiger charge is -2.26. The maximum atomic E-state index is 14.4. The van der Waals surface area contributed by atoms with Crippen molar-refractivity contribution < 1.29 is 4.39 Å². The minimum absolute atomic E-state index is 0.295. The van der Waals surface area contributed by atoms with E-state index in [0.29, 0.717) is 23.4 Å². The van der Waals surface area contributed by atoms with Crippen LogP contribution in [0.4, 0.5) is 10.1 Å². The molecular formula is C26H24FN7. The van der Waals surface area contributed by atoms with Gasteiger partial charge in [-0.25, -0.2) is 14.4 Å². The molecule has 1 aliphatic rings. The van der Waals surface area contributed by atoms with Crippen molar-refractivity contribution in [1.29, 1.82) is 0 Å². The molecular weight excluding hydrogens is 429 g/mol. The van der Waals surface area contributed by atoms with Crippen LogP contribution >= 0.6 is 0 Å². The second-order valence-electron chi connectivity index (χ2n) is 9.15. The predicted octanol–water partition coefficient (Wildman–Crippen LogP) is 4.54. The summed E-state index contributed by atoms with van der Waals surface area (Å²) in [5.74, 6) is 0.232. The number of rotatable bonds is 4. The van der Waals surface area contributed by atoms with Crippen LogP contribution in [0.15, 0.2) is 73.6 Å². The highest BCUT2D eigenvalue weighted by Gasteiger charge is 2.33. The highest BCUT2D eigenvalue weighted by Crippen LogP contribution is 2.41. The molecule has 1 unspecified atom stereocenters. The molecule has 6 rings (SSSR count). The van der Waals surface area contributed by atoms with Crippen LogP contribution in [0.25, 0.3) is 39.2 Å². The van der Waals surface area contributed by atoms with E-state index in [1.807, 2.05) is 35.2 Å². The monoisotopic (exact) mass is 453 g/mol. The number of H-pyrrole nitrogens is 1. The molecule has 1 aliphatic heterocycles. The number of imidazole rings is 2. The van der Waals surface area contributed by atoms with Gasteiger partial charge in [0.2, 0.25) is 0 Å². The molecule has 1 saturated heterocycles. The largest absolute Gasteiger partial charge is 0.368 e. The van der Waals surface area contributed by atoms with Gasteiger partial charge in [-0.3, -0.25) is 4.98 Å². The summed E-state index contributed by atoms with van der Waals surface area (Å²) in [7, 11) is 0. The fourth-order valence-corrected chi connectivity index (χ4v) is 4.72. The lowest BCUT2D eigenvalue weighted by Crippen LogP contribution is -2.39.